The maximum atomic E-state index is 12.2. The number of carbonyl (C=O) groups is 1. The summed E-state index contributed by atoms with van der Waals surface area (Å²) in [6, 6.07) is 0. The Kier molecular flexibility index (Phi) is 4.34. The van der Waals surface area contributed by atoms with E-state index in [9.17, 15) is 4.79 Å². The van der Waals surface area contributed by atoms with Gasteiger partial charge in [-0.2, -0.15) is 0 Å². The highest BCUT2D eigenvalue weighted by molar-refractivity contribution is 7.19. The van der Waals surface area contributed by atoms with Crippen LogP contribution in [-0.4, -0.2) is 26.0 Å². The molecule has 2 N–H and O–H groups in total. The van der Waals surface area contributed by atoms with E-state index in [4.69, 9.17) is 10.5 Å². The first-order valence-electron chi connectivity index (χ1n) is 6.89. The molecule has 0 unspecified atom stereocenters. The molecule has 19 heavy (non-hydrogen) atoms. The van der Waals surface area contributed by atoms with Crippen molar-refractivity contribution in [3.05, 3.63) is 4.88 Å². The van der Waals surface area contributed by atoms with Crippen LogP contribution in [0.4, 0.5) is 10.7 Å². The zero-order valence-electron chi connectivity index (χ0n) is 11.9. The Morgan fingerprint density at radius 2 is 2.16 bits per heavy atom. The van der Waals surface area contributed by atoms with Crippen molar-refractivity contribution >= 4 is 27.8 Å². The van der Waals surface area contributed by atoms with Gasteiger partial charge in [-0.25, -0.2) is 0 Å². The lowest BCUT2D eigenvalue weighted by Gasteiger charge is -2.21. The second-order valence-corrected chi connectivity index (χ2v) is 5.90. The minimum absolute atomic E-state index is 0.194. The second kappa shape index (κ2) is 5.82. The van der Waals surface area contributed by atoms with Gasteiger partial charge in [-0.3, -0.25) is 4.79 Å². The fraction of sp³-hybridized carbons (Fsp3) is 0.643. The zero-order chi connectivity index (χ0) is 14.0. The van der Waals surface area contributed by atoms with Gasteiger partial charge in [0.05, 0.1) is 17.7 Å². The lowest BCUT2D eigenvalue weighted by Crippen LogP contribution is -2.22. The monoisotopic (exact) mass is 282 g/mol. The van der Waals surface area contributed by atoms with Gasteiger partial charge >= 0.3 is 0 Å². The number of carbonyl (C=O) groups excluding carboxylic acids is 1. The van der Waals surface area contributed by atoms with Crippen LogP contribution >= 0.6 is 11.3 Å². The van der Waals surface area contributed by atoms with Gasteiger partial charge in [0.15, 0.2) is 11.5 Å². The van der Waals surface area contributed by atoms with Crippen LogP contribution in [-0.2, 0) is 0 Å². The average Bonchev–Trinajstić information content (AvgIpc) is 3.20. The molecule has 1 aromatic rings. The third-order valence-electron chi connectivity index (χ3n) is 3.42. The van der Waals surface area contributed by atoms with E-state index < -0.39 is 0 Å². The second-order valence-electron chi connectivity index (χ2n) is 4.90. The van der Waals surface area contributed by atoms with E-state index in [0.29, 0.717) is 16.3 Å². The van der Waals surface area contributed by atoms with Crippen LogP contribution in [0.25, 0.3) is 0 Å². The number of nitrogen functional groups attached to an aromatic ring is 1. The van der Waals surface area contributed by atoms with Gasteiger partial charge in [0.2, 0.25) is 0 Å². The normalized spacial score (nSPS) is 14.5. The van der Waals surface area contributed by atoms with Gasteiger partial charge in [-0.1, -0.05) is 6.92 Å². The molecule has 0 aliphatic heterocycles. The fourth-order valence-corrected chi connectivity index (χ4v) is 3.51. The van der Waals surface area contributed by atoms with Crippen molar-refractivity contribution in [1.82, 2.24) is 0 Å². The fourth-order valence-electron chi connectivity index (χ4n) is 2.21. The molecule has 106 valence electrons. The predicted octanol–water partition coefficient (Wildman–Crippen LogP) is 3.17. The number of rotatable bonds is 7. The van der Waals surface area contributed by atoms with Crippen LogP contribution in [0.2, 0.25) is 0 Å². The highest BCUT2D eigenvalue weighted by Crippen LogP contribution is 2.47. The molecular formula is C14H22N2O2S. The van der Waals surface area contributed by atoms with Crippen molar-refractivity contribution in [2.45, 2.75) is 33.1 Å². The van der Waals surface area contributed by atoms with Crippen LogP contribution in [0.5, 0.6) is 5.75 Å². The maximum absolute atomic E-state index is 12.2. The highest BCUT2D eigenvalue weighted by Gasteiger charge is 2.34. The smallest absolute Gasteiger partial charge is 0.178 e. The number of methoxy groups -OCH3 is 1. The van der Waals surface area contributed by atoms with Crippen LogP contribution in [0.3, 0.4) is 0 Å². The SMILES string of the molecule is CCCN(CC)c1sc(C(=O)C2CC2)c(N)c1OC. The summed E-state index contributed by atoms with van der Waals surface area (Å²) in [7, 11) is 1.62. The third-order valence-corrected chi connectivity index (χ3v) is 4.68. The molecule has 1 saturated carbocycles. The summed E-state index contributed by atoms with van der Waals surface area (Å²) in [4.78, 5) is 15.1. The number of nitrogens with zero attached hydrogens (tertiary/aromatic N) is 1. The predicted molar refractivity (Wildman–Crippen MR) is 80.5 cm³/mol. The first-order valence-corrected chi connectivity index (χ1v) is 7.71. The van der Waals surface area contributed by atoms with Crippen LogP contribution < -0.4 is 15.4 Å². The summed E-state index contributed by atoms with van der Waals surface area (Å²) >= 11 is 1.49. The standard InChI is InChI=1S/C14H22N2O2S/c1-4-8-16(5-2)14-12(18-3)10(15)13(19-14)11(17)9-6-7-9/h9H,4-8,15H2,1-3H3. The molecule has 0 aromatic carbocycles. The van der Waals surface area contributed by atoms with Gasteiger partial charge < -0.3 is 15.4 Å². The Morgan fingerprint density at radius 3 is 2.63 bits per heavy atom. The van der Waals surface area contributed by atoms with E-state index in [0.717, 1.165) is 37.4 Å². The van der Waals surface area contributed by atoms with E-state index in [1.165, 1.54) is 11.3 Å². The van der Waals surface area contributed by atoms with Crippen molar-refractivity contribution in [1.29, 1.82) is 0 Å². The number of thiophene rings is 1. The molecule has 0 spiro atoms. The maximum Gasteiger partial charge on any atom is 0.178 e. The number of nitrogens with two attached hydrogens (primary N) is 1. The molecule has 1 fully saturated rings. The number of hydrogen-bond acceptors (Lipinski definition) is 5. The van der Waals surface area contributed by atoms with E-state index >= 15 is 0 Å². The molecule has 1 aliphatic carbocycles. The van der Waals surface area contributed by atoms with E-state index in [1.54, 1.807) is 7.11 Å². The van der Waals surface area contributed by atoms with Crippen molar-refractivity contribution in [2.24, 2.45) is 5.92 Å². The van der Waals surface area contributed by atoms with Crippen molar-refractivity contribution < 1.29 is 9.53 Å². The Balaban J connectivity index is 2.36. The Labute approximate surface area is 118 Å². The van der Waals surface area contributed by atoms with Crippen molar-refractivity contribution in [3.63, 3.8) is 0 Å². The average molecular weight is 282 g/mol. The summed E-state index contributed by atoms with van der Waals surface area (Å²) in [5.41, 5.74) is 6.63. The quantitative estimate of drug-likeness (QED) is 0.780. The van der Waals surface area contributed by atoms with Crippen LogP contribution in [0.1, 0.15) is 42.8 Å². The number of ether oxygens (including phenoxy) is 1. The lowest BCUT2D eigenvalue weighted by molar-refractivity contribution is 0.0972. The largest absolute Gasteiger partial charge is 0.492 e. The Bertz CT molecular complexity index is 466. The van der Waals surface area contributed by atoms with E-state index in [1.807, 2.05) is 0 Å². The minimum atomic E-state index is 0.194. The van der Waals surface area contributed by atoms with E-state index in [2.05, 4.69) is 18.7 Å². The van der Waals surface area contributed by atoms with Crippen molar-refractivity contribution in [3.8, 4) is 5.75 Å². The van der Waals surface area contributed by atoms with Gasteiger partial charge in [0, 0.05) is 19.0 Å². The van der Waals surface area contributed by atoms with Crippen LogP contribution in [0, 0.1) is 5.92 Å². The number of Topliss-reactive ketones (excluding diaryl/α,β-unsaturated/α-hetero) is 1. The number of anilines is 2. The molecular weight excluding hydrogens is 260 g/mol. The third kappa shape index (κ3) is 2.71. The molecule has 1 heterocycles. The summed E-state index contributed by atoms with van der Waals surface area (Å²) in [6.07, 6.45) is 3.06. The highest BCUT2D eigenvalue weighted by atomic mass is 32.1. The first kappa shape index (κ1) is 14.2. The molecule has 0 bridgehead atoms. The summed E-state index contributed by atoms with van der Waals surface area (Å²) < 4.78 is 5.43. The summed E-state index contributed by atoms with van der Waals surface area (Å²) in [5.74, 6) is 1.06. The molecule has 0 amide bonds. The zero-order valence-corrected chi connectivity index (χ0v) is 12.7. The summed E-state index contributed by atoms with van der Waals surface area (Å²) in [6.45, 7) is 6.08. The molecule has 0 radical (unpaired) electrons. The molecule has 0 atom stereocenters. The Morgan fingerprint density at radius 1 is 1.47 bits per heavy atom. The lowest BCUT2D eigenvalue weighted by atomic mass is 10.2. The van der Waals surface area contributed by atoms with E-state index in [-0.39, 0.29) is 11.7 Å². The topological polar surface area (TPSA) is 55.6 Å². The van der Waals surface area contributed by atoms with Crippen molar-refractivity contribution in [2.75, 3.05) is 30.8 Å². The summed E-state index contributed by atoms with van der Waals surface area (Å²) in [5, 5.41) is 0.994. The molecule has 1 aromatic heterocycles. The number of ketones is 1. The van der Waals surface area contributed by atoms with Crippen LogP contribution in [0.15, 0.2) is 0 Å². The van der Waals surface area contributed by atoms with Gasteiger partial charge in [-0.15, -0.1) is 11.3 Å². The first-order chi connectivity index (χ1) is 9.13. The Hall–Kier alpha value is -1.23. The van der Waals surface area contributed by atoms with Gasteiger partial charge in [0.1, 0.15) is 5.00 Å². The molecule has 2 rings (SSSR count). The molecule has 4 nitrogen and oxygen atoms in total. The number of hydrogen-bond donors (Lipinski definition) is 1. The molecule has 1 aliphatic rings. The minimum Gasteiger partial charge on any atom is -0.492 e. The molecule has 5 heteroatoms. The van der Waals surface area contributed by atoms with Gasteiger partial charge in [0.25, 0.3) is 0 Å². The molecule has 0 saturated heterocycles. The van der Waals surface area contributed by atoms with Gasteiger partial charge in [-0.05, 0) is 26.2 Å².